The lowest BCUT2D eigenvalue weighted by molar-refractivity contribution is -0.144. The van der Waals surface area contributed by atoms with Crippen LogP contribution in [0.25, 0.3) is 11.3 Å². The molecule has 0 spiro atoms. The number of amides is 1. The summed E-state index contributed by atoms with van der Waals surface area (Å²) in [5.41, 5.74) is 3.67. The van der Waals surface area contributed by atoms with Crippen LogP contribution in [0.1, 0.15) is 19.0 Å². The van der Waals surface area contributed by atoms with Gasteiger partial charge >= 0.3 is 5.97 Å². The van der Waals surface area contributed by atoms with Crippen LogP contribution in [0.2, 0.25) is 0 Å². The highest BCUT2D eigenvalue weighted by atomic mass is 32.1. The second kappa shape index (κ2) is 10.3. The van der Waals surface area contributed by atoms with Crippen molar-refractivity contribution in [2.24, 2.45) is 5.92 Å². The van der Waals surface area contributed by atoms with Crippen LogP contribution >= 0.6 is 22.7 Å². The Balaban J connectivity index is 1.42. The van der Waals surface area contributed by atoms with Gasteiger partial charge in [0.25, 0.3) is 0 Å². The van der Waals surface area contributed by atoms with Gasteiger partial charge in [0.05, 0.1) is 29.4 Å². The minimum Gasteiger partial charge on any atom is -0.464 e. The van der Waals surface area contributed by atoms with E-state index in [9.17, 15) is 18.8 Å². The minimum atomic E-state index is -0.905. The molecule has 8 nitrogen and oxygen atoms in total. The molecule has 0 saturated carbocycles. The van der Waals surface area contributed by atoms with Gasteiger partial charge in [0.1, 0.15) is 5.82 Å². The lowest BCUT2D eigenvalue weighted by atomic mass is 9.94. The number of Topliss-reactive ketones (excluding diaryl/α,β-unsaturated/α-hetero) is 1. The number of benzene rings is 1. The van der Waals surface area contributed by atoms with E-state index in [2.05, 4.69) is 15.3 Å². The van der Waals surface area contributed by atoms with Crippen molar-refractivity contribution >= 4 is 45.5 Å². The number of aromatic nitrogens is 2. The fourth-order valence-corrected chi connectivity index (χ4v) is 4.55. The molecule has 1 fully saturated rings. The number of hydrogen-bond donors (Lipinski definition) is 1. The summed E-state index contributed by atoms with van der Waals surface area (Å²) in [5.74, 6) is -2.36. The van der Waals surface area contributed by atoms with Crippen LogP contribution in [0.4, 0.5) is 9.52 Å². The molecule has 0 unspecified atom stereocenters. The maximum Gasteiger partial charge on any atom is 0.338 e. The number of halogens is 1. The number of thiazole rings is 2. The largest absolute Gasteiger partial charge is 0.464 e. The summed E-state index contributed by atoms with van der Waals surface area (Å²) in [6, 6.07) is 5.89. The summed E-state index contributed by atoms with van der Waals surface area (Å²) in [4.78, 5) is 46.0. The average Bonchev–Trinajstić information content (AvgIpc) is 3.19. The minimum absolute atomic E-state index is 0.111. The Morgan fingerprint density at radius 1 is 1.21 bits per heavy atom. The number of ether oxygens (including phenoxy) is 2. The van der Waals surface area contributed by atoms with E-state index in [1.165, 1.54) is 34.8 Å². The summed E-state index contributed by atoms with van der Waals surface area (Å²) in [6.07, 6.45) is -1.65. The number of rotatable bonds is 10. The van der Waals surface area contributed by atoms with E-state index in [1.807, 2.05) is 5.38 Å². The van der Waals surface area contributed by atoms with E-state index in [4.69, 9.17) is 9.47 Å². The Kier molecular flexibility index (Phi) is 7.21. The first-order valence-electron chi connectivity index (χ1n) is 10.2. The van der Waals surface area contributed by atoms with Crippen molar-refractivity contribution in [1.82, 2.24) is 9.97 Å². The summed E-state index contributed by atoms with van der Waals surface area (Å²) in [6.45, 7) is 1.87. The molecule has 33 heavy (non-hydrogen) atoms. The van der Waals surface area contributed by atoms with E-state index in [0.717, 1.165) is 5.56 Å². The Labute approximate surface area is 196 Å². The van der Waals surface area contributed by atoms with Gasteiger partial charge in [0, 0.05) is 29.2 Å². The Hall–Kier alpha value is -3.02. The highest BCUT2D eigenvalue weighted by Crippen LogP contribution is 2.29. The molecule has 172 valence electrons. The molecule has 11 heteroatoms. The Bertz CT molecular complexity index is 1130. The zero-order valence-electron chi connectivity index (χ0n) is 17.5. The molecule has 3 aromatic rings. The first-order chi connectivity index (χ1) is 15.9. The molecule has 1 aliphatic rings. The standard InChI is InChI=1S/C22H20FN3O5S2/c1-2-30-21(29)19-18(31-19)17(27)8-13(7-15-9-32-11-24-15)20(28)26-22-25-16(10-33-22)12-3-5-14(23)6-4-12/h3-6,9-11,13,18-19H,2,7-8H2,1H3,(H,25,26,28)/t13-,18+,19-/m1/s1. The van der Waals surface area contributed by atoms with Crippen molar-refractivity contribution < 1.29 is 28.2 Å². The highest BCUT2D eigenvalue weighted by Gasteiger charge is 2.51. The first-order valence-corrected chi connectivity index (χ1v) is 12.0. The van der Waals surface area contributed by atoms with Gasteiger partial charge in [-0.1, -0.05) is 0 Å². The normalized spacial score (nSPS) is 17.9. The highest BCUT2D eigenvalue weighted by molar-refractivity contribution is 7.14. The Morgan fingerprint density at radius 3 is 2.70 bits per heavy atom. The second-order valence-corrected chi connectivity index (χ2v) is 8.89. The first kappa shape index (κ1) is 23.1. The maximum atomic E-state index is 13.2. The van der Waals surface area contributed by atoms with Crippen molar-refractivity contribution in [3.8, 4) is 11.3 Å². The lowest BCUT2D eigenvalue weighted by Gasteiger charge is -2.14. The van der Waals surface area contributed by atoms with Gasteiger partial charge in [-0.15, -0.1) is 22.7 Å². The molecule has 1 amide bonds. The van der Waals surface area contributed by atoms with E-state index in [-0.39, 0.29) is 37.0 Å². The molecular formula is C22H20FN3O5S2. The van der Waals surface area contributed by atoms with Gasteiger partial charge in [-0.3, -0.25) is 9.59 Å². The number of nitrogens with one attached hydrogen (secondary N) is 1. The topological polar surface area (TPSA) is 111 Å². The molecule has 3 atom stereocenters. The summed E-state index contributed by atoms with van der Waals surface area (Å²) < 4.78 is 23.2. The summed E-state index contributed by atoms with van der Waals surface area (Å²) in [7, 11) is 0. The smallest absolute Gasteiger partial charge is 0.338 e. The van der Waals surface area contributed by atoms with Gasteiger partial charge in [-0.25, -0.2) is 19.2 Å². The van der Waals surface area contributed by atoms with Crippen LogP contribution in [0, 0.1) is 11.7 Å². The molecule has 1 N–H and O–H groups in total. The van der Waals surface area contributed by atoms with Crippen molar-refractivity contribution in [3.63, 3.8) is 0 Å². The van der Waals surface area contributed by atoms with Crippen LogP contribution in [-0.2, 0) is 30.3 Å². The molecule has 1 saturated heterocycles. The lowest BCUT2D eigenvalue weighted by Crippen LogP contribution is -2.29. The average molecular weight is 490 g/mol. The van der Waals surface area contributed by atoms with Crippen LogP contribution in [0.5, 0.6) is 0 Å². The number of esters is 1. The van der Waals surface area contributed by atoms with Crippen molar-refractivity contribution in [2.45, 2.75) is 32.0 Å². The van der Waals surface area contributed by atoms with Crippen molar-refractivity contribution in [3.05, 3.63) is 52.0 Å². The maximum absolute atomic E-state index is 13.2. The number of hydrogen-bond acceptors (Lipinski definition) is 9. The van der Waals surface area contributed by atoms with Crippen LogP contribution in [0.15, 0.2) is 40.5 Å². The van der Waals surface area contributed by atoms with Crippen LogP contribution in [-0.4, -0.2) is 46.4 Å². The molecule has 2 aromatic heterocycles. The molecule has 0 bridgehead atoms. The predicted molar refractivity (Wildman–Crippen MR) is 120 cm³/mol. The van der Waals surface area contributed by atoms with E-state index in [1.54, 1.807) is 29.9 Å². The van der Waals surface area contributed by atoms with Crippen molar-refractivity contribution in [2.75, 3.05) is 11.9 Å². The zero-order chi connectivity index (χ0) is 23.4. The molecular weight excluding hydrogens is 469 g/mol. The van der Waals surface area contributed by atoms with Gasteiger partial charge < -0.3 is 14.8 Å². The third-order valence-electron chi connectivity index (χ3n) is 4.96. The zero-order valence-corrected chi connectivity index (χ0v) is 19.2. The summed E-state index contributed by atoms with van der Waals surface area (Å²) >= 11 is 2.62. The van der Waals surface area contributed by atoms with Crippen molar-refractivity contribution in [1.29, 1.82) is 0 Å². The van der Waals surface area contributed by atoms with Gasteiger partial charge in [-0.05, 0) is 31.2 Å². The van der Waals surface area contributed by atoms with Gasteiger partial charge in [-0.2, -0.15) is 0 Å². The quantitative estimate of drug-likeness (QED) is 0.343. The molecule has 0 radical (unpaired) electrons. The third kappa shape index (κ3) is 5.86. The molecule has 3 heterocycles. The number of ketones is 1. The number of epoxide rings is 1. The monoisotopic (exact) mass is 489 g/mol. The number of anilines is 1. The van der Waals surface area contributed by atoms with Gasteiger partial charge in [0.2, 0.25) is 5.91 Å². The predicted octanol–water partition coefficient (Wildman–Crippen LogP) is 3.49. The van der Waals surface area contributed by atoms with E-state index >= 15 is 0 Å². The fourth-order valence-electron chi connectivity index (χ4n) is 3.26. The third-order valence-corrected chi connectivity index (χ3v) is 6.35. The molecule has 0 aliphatic carbocycles. The number of nitrogens with zero attached hydrogens (tertiary/aromatic N) is 2. The van der Waals surface area contributed by atoms with Crippen LogP contribution < -0.4 is 5.32 Å². The molecule has 1 aliphatic heterocycles. The van der Waals surface area contributed by atoms with E-state index in [0.29, 0.717) is 16.5 Å². The fraction of sp³-hybridized carbons (Fsp3) is 0.318. The molecule has 4 rings (SSSR count). The summed E-state index contributed by atoms with van der Waals surface area (Å²) in [5, 5.41) is 6.69. The van der Waals surface area contributed by atoms with Crippen LogP contribution in [0.3, 0.4) is 0 Å². The SMILES string of the molecule is CCOC(=O)[C@@H]1O[C@H]1C(=O)C[C@@H](Cc1cscn1)C(=O)Nc1nc(-c2ccc(F)cc2)cs1. The second-order valence-electron chi connectivity index (χ2n) is 7.31. The van der Waals surface area contributed by atoms with Gasteiger partial charge in [0.15, 0.2) is 23.1 Å². The van der Waals surface area contributed by atoms with E-state index < -0.39 is 24.1 Å². The number of carbonyl (C=O) groups is 3. The number of carbonyl (C=O) groups excluding carboxylic acids is 3. The Morgan fingerprint density at radius 2 is 2.00 bits per heavy atom. The molecule has 1 aromatic carbocycles.